The number of benzene rings is 1. The van der Waals surface area contributed by atoms with E-state index in [1.165, 1.54) is 0 Å². The molecule has 24 heavy (non-hydrogen) atoms. The van der Waals surface area contributed by atoms with Crippen molar-refractivity contribution < 1.29 is 4.79 Å². The molecule has 0 spiro atoms. The molecule has 3 rings (SSSR count). The molecule has 1 aliphatic rings. The fourth-order valence-electron chi connectivity index (χ4n) is 2.62. The van der Waals surface area contributed by atoms with Crippen LogP contribution in [0.2, 0.25) is 5.02 Å². The van der Waals surface area contributed by atoms with Gasteiger partial charge in [0.25, 0.3) is 0 Å². The summed E-state index contributed by atoms with van der Waals surface area (Å²) in [5, 5.41) is 5.99. The van der Waals surface area contributed by atoms with Crippen LogP contribution in [0.25, 0.3) is 0 Å². The van der Waals surface area contributed by atoms with Gasteiger partial charge < -0.3 is 15.5 Å². The third-order valence-corrected chi connectivity index (χ3v) is 4.28. The predicted molar refractivity (Wildman–Crippen MR) is 96.7 cm³/mol. The molecule has 0 aliphatic carbocycles. The summed E-state index contributed by atoms with van der Waals surface area (Å²) in [5.41, 5.74) is 1.17. The number of carbonyl (C=O) groups is 1. The van der Waals surface area contributed by atoms with Crippen LogP contribution in [0.1, 0.15) is 19.8 Å². The minimum atomic E-state index is -0.361. The quantitative estimate of drug-likeness (QED) is 0.881. The number of anilines is 3. The lowest BCUT2D eigenvalue weighted by Gasteiger charge is -2.30. The lowest BCUT2D eigenvalue weighted by atomic mass is 10.00. The largest absolute Gasteiger partial charge is 0.341 e. The van der Waals surface area contributed by atoms with Gasteiger partial charge in [-0.1, -0.05) is 24.6 Å². The molecular weight excluding hydrogens is 326 g/mol. The first kappa shape index (κ1) is 16.5. The lowest BCUT2D eigenvalue weighted by Crippen LogP contribution is -2.34. The van der Waals surface area contributed by atoms with Crippen LogP contribution in [0, 0.1) is 5.92 Å². The van der Waals surface area contributed by atoms with E-state index in [1.54, 1.807) is 36.7 Å². The molecule has 1 aromatic heterocycles. The molecule has 1 fully saturated rings. The Morgan fingerprint density at radius 3 is 2.50 bits per heavy atom. The van der Waals surface area contributed by atoms with Gasteiger partial charge in [-0.15, -0.1) is 0 Å². The normalized spacial score (nSPS) is 15.2. The van der Waals surface area contributed by atoms with Crippen LogP contribution in [0.15, 0.2) is 36.7 Å². The molecule has 1 aliphatic heterocycles. The summed E-state index contributed by atoms with van der Waals surface area (Å²) in [5.74, 6) is 1.47. The van der Waals surface area contributed by atoms with Crippen molar-refractivity contribution in [1.29, 1.82) is 0 Å². The average molecular weight is 346 g/mol. The van der Waals surface area contributed by atoms with E-state index < -0.39 is 0 Å². The zero-order valence-corrected chi connectivity index (χ0v) is 14.3. The maximum Gasteiger partial charge on any atom is 0.323 e. The van der Waals surface area contributed by atoms with E-state index in [0.717, 1.165) is 31.8 Å². The first-order chi connectivity index (χ1) is 11.6. The highest BCUT2D eigenvalue weighted by Gasteiger charge is 2.17. The first-order valence-electron chi connectivity index (χ1n) is 8.01. The van der Waals surface area contributed by atoms with Crippen LogP contribution in [0.3, 0.4) is 0 Å². The number of amides is 2. The van der Waals surface area contributed by atoms with E-state index in [0.29, 0.717) is 22.3 Å². The van der Waals surface area contributed by atoms with Crippen LogP contribution >= 0.6 is 11.6 Å². The van der Waals surface area contributed by atoms with Gasteiger partial charge in [-0.25, -0.2) is 14.8 Å². The number of aromatic nitrogens is 2. The number of hydrogen-bond donors (Lipinski definition) is 2. The van der Waals surface area contributed by atoms with E-state index in [9.17, 15) is 4.79 Å². The Morgan fingerprint density at radius 1 is 1.17 bits per heavy atom. The van der Waals surface area contributed by atoms with E-state index in [4.69, 9.17) is 11.6 Å². The summed E-state index contributed by atoms with van der Waals surface area (Å²) in [6.07, 6.45) is 5.56. The van der Waals surface area contributed by atoms with Crippen LogP contribution in [0.5, 0.6) is 0 Å². The Bertz CT molecular complexity index is 698. The predicted octanol–water partition coefficient (Wildman–Crippen LogP) is 4.01. The molecule has 126 valence electrons. The second kappa shape index (κ2) is 7.49. The average Bonchev–Trinajstić information content (AvgIpc) is 2.56. The van der Waals surface area contributed by atoms with Gasteiger partial charge in [-0.3, -0.25) is 0 Å². The minimum absolute atomic E-state index is 0.361. The molecule has 0 atom stereocenters. The Labute approximate surface area is 146 Å². The Morgan fingerprint density at radius 2 is 1.83 bits per heavy atom. The summed E-state index contributed by atoms with van der Waals surface area (Å²) < 4.78 is 0. The van der Waals surface area contributed by atoms with Crippen molar-refractivity contribution in [2.24, 2.45) is 5.92 Å². The summed E-state index contributed by atoms with van der Waals surface area (Å²) in [6.45, 7) is 4.22. The highest BCUT2D eigenvalue weighted by atomic mass is 35.5. The summed E-state index contributed by atoms with van der Waals surface area (Å²) in [7, 11) is 0. The molecule has 1 aromatic carbocycles. The number of nitrogens with zero attached hydrogens (tertiary/aromatic N) is 3. The van der Waals surface area contributed by atoms with E-state index in [2.05, 4.69) is 32.4 Å². The van der Waals surface area contributed by atoms with Crippen molar-refractivity contribution in [3.05, 3.63) is 41.7 Å². The van der Waals surface area contributed by atoms with E-state index >= 15 is 0 Å². The SMILES string of the molecule is CC1CCN(c2ncc(NC(=O)Nc3cccc(Cl)c3)cn2)CC1. The van der Waals surface area contributed by atoms with E-state index in [1.807, 2.05) is 0 Å². The number of nitrogens with one attached hydrogen (secondary N) is 2. The van der Waals surface area contributed by atoms with Crippen molar-refractivity contribution >= 4 is 35.0 Å². The number of piperidine rings is 1. The van der Waals surface area contributed by atoms with Gasteiger partial charge in [0.15, 0.2) is 0 Å². The van der Waals surface area contributed by atoms with Crippen molar-refractivity contribution in [2.75, 3.05) is 28.6 Å². The number of urea groups is 1. The van der Waals surface area contributed by atoms with Crippen molar-refractivity contribution in [3.8, 4) is 0 Å². The first-order valence-corrected chi connectivity index (χ1v) is 8.38. The molecule has 6 nitrogen and oxygen atoms in total. The smallest absolute Gasteiger partial charge is 0.323 e. The molecule has 7 heteroatoms. The van der Waals surface area contributed by atoms with E-state index in [-0.39, 0.29) is 6.03 Å². The summed E-state index contributed by atoms with van der Waals surface area (Å²) >= 11 is 5.89. The number of halogens is 1. The zero-order chi connectivity index (χ0) is 16.9. The molecule has 2 aromatic rings. The van der Waals surface area contributed by atoms with Crippen molar-refractivity contribution in [1.82, 2.24) is 9.97 Å². The highest BCUT2D eigenvalue weighted by Crippen LogP contribution is 2.20. The van der Waals surface area contributed by atoms with Gasteiger partial charge in [0.2, 0.25) is 5.95 Å². The maximum atomic E-state index is 12.0. The molecular formula is C17H20ClN5O. The molecule has 0 radical (unpaired) electrons. The topological polar surface area (TPSA) is 70.2 Å². The monoisotopic (exact) mass is 345 g/mol. The standard InChI is InChI=1S/C17H20ClN5O/c1-12-5-7-23(8-6-12)16-19-10-15(11-20-16)22-17(24)21-14-4-2-3-13(18)9-14/h2-4,9-12H,5-8H2,1H3,(H2,21,22,24). The minimum Gasteiger partial charge on any atom is -0.341 e. The highest BCUT2D eigenvalue weighted by molar-refractivity contribution is 6.30. The molecule has 2 heterocycles. The lowest BCUT2D eigenvalue weighted by molar-refractivity contribution is 0.262. The fourth-order valence-corrected chi connectivity index (χ4v) is 2.81. The second-order valence-corrected chi connectivity index (χ2v) is 6.47. The van der Waals surface area contributed by atoms with Gasteiger partial charge in [0.1, 0.15) is 0 Å². The molecule has 0 unspecified atom stereocenters. The fraction of sp³-hybridized carbons (Fsp3) is 0.353. The summed E-state index contributed by atoms with van der Waals surface area (Å²) in [6, 6.07) is 6.61. The van der Waals surface area contributed by atoms with Crippen LogP contribution in [-0.4, -0.2) is 29.1 Å². The Hall–Kier alpha value is -2.34. The van der Waals surface area contributed by atoms with Gasteiger partial charge in [0.05, 0.1) is 18.1 Å². The number of rotatable bonds is 3. The van der Waals surface area contributed by atoms with Crippen molar-refractivity contribution in [2.45, 2.75) is 19.8 Å². The van der Waals surface area contributed by atoms with Gasteiger partial charge >= 0.3 is 6.03 Å². The molecule has 0 saturated carbocycles. The van der Waals surface area contributed by atoms with Gasteiger partial charge in [0, 0.05) is 23.8 Å². The van der Waals surface area contributed by atoms with Gasteiger partial charge in [-0.2, -0.15) is 0 Å². The summed E-state index contributed by atoms with van der Waals surface area (Å²) in [4.78, 5) is 22.9. The Balaban J connectivity index is 1.56. The number of hydrogen-bond acceptors (Lipinski definition) is 4. The van der Waals surface area contributed by atoms with Gasteiger partial charge in [-0.05, 0) is 37.0 Å². The molecule has 2 N–H and O–H groups in total. The maximum absolute atomic E-state index is 12.0. The van der Waals surface area contributed by atoms with Crippen LogP contribution in [0.4, 0.5) is 22.1 Å². The third kappa shape index (κ3) is 4.35. The van der Waals surface area contributed by atoms with Crippen molar-refractivity contribution in [3.63, 3.8) is 0 Å². The Kier molecular flexibility index (Phi) is 5.15. The van der Waals surface area contributed by atoms with Crippen LogP contribution < -0.4 is 15.5 Å². The van der Waals surface area contributed by atoms with Crippen LogP contribution in [-0.2, 0) is 0 Å². The second-order valence-electron chi connectivity index (χ2n) is 6.03. The molecule has 0 bridgehead atoms. The molecule has 2 amide bonds. The zero-order valence-electron chi connectivity index (χ0n) is 13.5. The number of carbonyl (C=O) groups excluding carboxylic acids is 1. The third-order valence-electron chi connectivity index (χ3n) is 4.05. The molecule has 1 saturated heterocycles.